The maximum absolute atomic E-state index is 15.1. The molecule has 0 saturated carbocycles. The predicted molar refractivity (Wildman–Crippen MR) is 315 cm³/mol. The smallest absolute Gasteiger partial charge is 0.376 e. The molecule has 0 spiro atoms. The van der Waals surface area contributed by atoms with Crippen molar-refractivity contribution in [2.45, 2.75) is 80.2 Å². The number of carbonyl (C=O) groups is 5. The summed E-state index contributed by atoms with van der Waals surface area (Å²) in [4.78, 5) is 74.0. The van der Waals surface area contributed by atoms with Crippen LogP contribution in [0.1, 0.15) is 84.5 Å². The van der Waals surface area contributed by atoms with Crippen LogP contribution >= 0.6 is 11.8 Å². The number of hydrogen-bond donors (Lipinski definition) is 4. The predicted octanol–water partition coefficient (Wildman–Crippen LogP) is 10.6. The summed E-state index contributed by atoms with van der Waals surface area (Å²) in [6, 6.07) is 69.5. The number of rotatable bonds is 22. The number of benzene rings is 8. The van der Waals surface area contributed by atoms with Crippen LogP contribution in [-0.2, 0) is 43.7 Å². The summed E-state index contributed by atoms with van der Waals surface area (Å²) in [6.07, 6.45) is -1.72. The number of nitrogens with one attached hydrogen (secondary N) is 3. The number of fused-ring (bicyclic) bond motifs is 3. The first-order valence-electron chi connectivity index (χ1n) is 26.9. The van der Waals surface area contributed by atoms with Crippen LogP contribution in [0.3, 0.4) is 0 Å². The summed E-state index contributed by atoms with van der Waals surface area (Å²) in [6.45, 7) is 6.88. The fraction of sp³-hybridized carbons (Fsp3) is 0.221. The molecule has 0 bridgehead atoms. The molecule has 406 valence electrons. The number of ether oxygens (including phenoxy) is 2. The lowest BCUT2D eigenvalue weighted by molar-refractivity contribution is -0.155. The Bertz CT molecular complexity index is 3160. The van der Waals surface area contributed by atoms with Gasteiger partial charge < -0.3 is 31.2 Å². The van der Waals surface area contributed by atoms with Gasteiger partial charge in [-0.15, -0.1) is 11.8 Å². The quantitative estimate of drug-likeness (QED) is 0.0294. The molecule has 8 aromatic carbocycles. The molecule has 1 aliphatic carbocycles. The Morgan fingerprint density at radius 2 is 0.912 bits per heavy atom. The van der Waals surface area contributed by atoms with Crippen LogP contribution in [0.15, 0.2) is 231 Å². The Kier molecular flexibility index (Phi) is 17.7. The van der Waals surface area contributed by atoms with Crippen molar-refractivity contribution in [1.29, 1.82) is 0 Å². The van der Waals surface area contributed by atoms with Crippen molar-refractivity contribution in [3.05, 3.63) is 275 Å². The van der Waals surface area contributed by atoms with E-state index in [-0.39, 0.29) is 18.3 Å². The number of ketones is 1. The number of nitrogens with two attached hydrogens (primary N) is 1. The molecule has 1 aliphatic rings. The summed E-state index contributed by atoms with van der Waals surface area (Å²) < 4.78 is 11.4. The van der Waals surface area contributed by atoms with Gasteiger partial charge in [-0.2, -0.15) is 0 Å². The van der Waals surface area contributed by atoms with Crippen LogP contribution in [0.2, 0.25) is 0 Å². The highest BCUT2D eigenvalue weighted by molar-refractivity contribution is 8.00. The molecule has 5 N–H and O–H groups in total. The second-order valence-corrected chi connectivity index (χ2v) is 22.2. The van der Waals surface area contributed by atoms with Gasteiger partial charge in [0.1, 0.15) is 24.2 Å². The van der Waals surface area contributed by atoms with Gasteiger partial charge in [0.15, 0.2) is 0 Å². The van der Waals surface area contributed by atoms with Crippen LogP contribution in [-0.4, -0.2) is 71.7 Å². The molecule has 0 heterocycles. The third kappa shape index (κ3) is 12.4. The van der Waals surface area contributed by atoms with Gasteiger partial charge >= 0.3 is 5.97 Å². The molecule has 0 saturated heterocycles. The van der Waals surface area contributed by atoms with E-state index < -0.39 is 76.0 Å². The minimum Gasteiger partial charge on any atom is -0.459 e. The molecule has 12 heteroatoms. The molecule has 0 radical (unpaired) electrons. The Balaban J connectivity index is 1.03. The van der Waals surface area contributed by atoms with Crippen molar-refractivity contribution in [2.24, 2.45) is 5.73 Å². The van der Waals surface area contributed by atoms with E-state index in [1.807, 2.05) is 215 Å². The molecular weight excluding hydrogens is 1020 g/mol. The maximum atomic E-state index is 15.1. The normalized spacial score (nSPS) is 13.8. The molecular formula is C68H66N4O7S. The summed E-state index contributed by atoms with van der Waals surface area (Å²) in [7, 11) is 0. The van der Waals surface area contributed by atoms with Crippen LogP contribution in [0.4, 0.5) is 0 Å². The van der Waals surface area contributed by atoms with E-state index in [1.54, 1.807) is 6.92 Å². The lowest BCUT2D eigenvalue weighted by atomic mass is 9.77. The molecule has 4 atom stereocenters. The average molecular weight is 1080 g/mol. The lowest BCUT2D eigenvalue weighted by Crippen LogP contribution is -2.60. The van der Waals surface area contributed by atoms with Crippen molar-refractivity contribution in [2.75, 3.05) is 12.4 Å². The van der Waals surface area contributed by atoms with Gasteiger partial charge in [-0.3, -0.25) is 19.2 Å². The Morgan fingerprint density at radius 1 is 0.525 bits per heavy atom. The number of Topliss-reactive ketones (excluding diaryl/α,β-unsaturated/α-hetero) is 1. The molecule has 0 fully saturated rings. The molecule has 9 rings (SSSR count). The van der Waals surface area contributed by atoms with Crippen molar-refractivity contribution >= 4 is 41.2 Å². The minimum absolute atomic E-state index is 0.0996. The van der Waals surface area contributed by atoms with E-state index in [0.29, 0.717) is 16.7 Å². The standard InChI is InChI=1S/C68H66N4O7S/c1-46(79-66(2,3)4)61(71-63(75)58(69)45-80-68(50-33-17-8-18-34-50,51-35-19-9-20-36-51)52-37-21-10-22-38-52)64(76)70-59(62(74)65(77)78-44-57-55-41-25-23-39-53(55)54-40-24-26-42-56(54)57)43-60(73)72-67(47-27-11-5-12-28-47,48-29-13-6-14-30-48)49-31-15-7-16-32-49/h5-42,46,57-59,61H,43-45,69H2,1-4H3,(H,70,76)(H,71,75)(H,72,73)/t46-,58+,59+,61+/m1/s1. The highest BCUT2D eigenvalue weighted by Gasteiger charge is 2.43. The molecule has 0 aromatic heterocycles. The topological polar surface area (TPSA) is 166 Å². The van der Waals surface area contributed by atoms with E-state index >= 15 is 9.59 Å². The highest BCUT2D eigenvalue weighted by atomic mass is 32.2. The summed E-state index contributed by atoms with van der Waals surface area (Å²) in [5.41, 5.74) is 13.7. The Morgan fingerprint density at radius 3 is 1.32 bits per heavy atom. The number of amides is 3. The van der Waals surface area contributed by atoms with Gasteiger partial charge in [-0.05, 0) is 83.3 Å². The maximum Gasteiger partial charge on any atom is 0.376 e. The van der Waals surface area contributed by atoms with E-state index in [4.69, 9.17) is 15.2 Å². The highest BCUT2D eigenvalue weighted by Crippen LogP contribution is 2.49. The van der Waals surface area contributed by atoms with E-state index in [9.17, 15) is 14.4 Å². The molecule has 3 amide bonds. The first-order chi connectivity index (χ1) is 38.7. The summed E-state index contributed by atoms with van der Waals surface area (Å²) in [5.74, 6) is -4.93. The fourth-order valence-corrected chi connectivity index (χ4v) is 12.3. The monoisotopic (exact) mass is 1080 g/mol. The third-order valence-electron chi connectivity index (χ3n) is 14.5. The van der Waals surface area contributed by atoms with Crippen LogP contribution < -0.4 is 21.7 Å². The van der Waals surface area contributed by atoms with E-state index in [2.05, 4.69) is 52.3 Å². The molecule has 8 aromatic rings. The lowest BCUT2D eigenvalue weighted by Gasteiger charge is -2.37. The first-order valence-corrected chi connectivity index (χ1v) is 27.9. The summed E-state index contributed by atoms with van der Waals surface area (Å²) >= 11 is 1.49. The number of hydrogen-bond acceptors (Lipinski definition) is 9. The SMILES string of the molecule is C[C@@H](OC(C)(C)C)[C@H](NC(=O)[C@@H](N)CSC(c1ccccc1)(c1ccccc1)c1ccccc1)C(=O)N[C@@H](CC(=O)NC(c1ccccc1)(c1ccccc1)c1ccccc1)C(=O)C(=O)OCC1c2ccccc2-c2ccccc21. The number of carbonyl (C=O) groups excluding carboxylic acids is 5. The van der Waals surface area contributed by atoms with Crippen LogP contribution in [0.25, 0.3) is 11.1 Å². The fourth-order valence-electron chi connectivity index (χ4n) is 10.9. The zero-order valence-corrected chi connectivity index (χ0v) is 46.1. The van der Waals surface area contributed by atoms with Crippen LogP contribution in [0, 0.1) is 0 Å². The van der Waals surface area contributed by atoms with Gasteiger partial charge in [0.2, 0.25) is 17.7 Å². The van der Waals surface area contributed by atoms with Crippen LogP contribution in [0.5, 0.6) is 0 Å². The summed E-state index contributed by atoms with van der Waals surface area (Å²) in [5, 5.41) is 8.86. The average Bonchev–Trinajstić information content (AvgIpc) is 3.83. The Hall–Kier alpha value is -8.42. The molecule has 11 nitrogen and oxygen atoms in total. The van der Waals surface area contributed by atoms with Crippen molar-refractivity contribution in [3.63, 3.8) is 0 Å². The van der Waals surface area contributed by atoms with Crippen molar-refractivity contribution in [1.82, 2.24) is 16.0 Å². The van der Waals surface area contributed by atoms with Gasteiger partial charge in [-0.1, -0.05) is 231 Å². The number of thioether (sulfide) groups is 1. The zero-order valence-electron chi connectivity index (χ0n) is 45.3. The van der Waals surface area contributed by atoms with Gasteiger partial charge in [-0.25, -0.2) is 4.79 Å². The van der Waals surface area contributed by atoms with Crippen molar-refractivity contribution < 1.29 is 33.4 Å². The van der Waals surface area contributed by atoms with E-state index in [0.717, 1.165) is 38.9 Å². The molecule has 80 heavy (non-hydrogen) atoms. The second kappa shape index (κ2) is 25.1. The van der Waals surface area contributed by atoms with Gasteiger partial charge in [0, 0.05) is 11.7 Å². The third-order valence-corrected chi connectivity index (χ3v) is 16.1. The van der Waals surface area contributed by atoms with Crippen molar-refractivity contribution in [3.8, 4) is 11.1 Å². The van der Waals surface area contributed by atoms with Gasteiger partial charge in [0.05, 0.1) is 28.9 Å². The Labute approximate surface area is 472 Å². The van der Waals surface area contributed by atoms with E-state index in [1.165, 1.54) is 11.8 Å². The second-order valence-electron chi connectivity index (χ2n) is 21.0. The first kappa shape index (κ1) is 56.3. The molecule has 0 unspecified atom stereocenters. The largest absolute Gasteiger partial charge is 0.459 e. The van der Waals surface area contributed by atoms with Gasteiger partial charge in [0.25, 0.3) is 5.78 Å². The zero-order chi connectivity index (χ0) is 56.3. The minimum atomic E-state index is -1.79. The molecule has 0 aliphatic heterocycles. The number of esters is 1.